The minimum atomic E-state index is -0.307. The Morgan fingerprint density at radius 3 is 2.17 bits per heavy atom. The second-order valence-electron chi connectivity index (χ2n) is 7.54. The summed E-state index contributed by atoms with van der Waals surface area (Å²) in [5, 5.41) is 9.06. The Labute approximate surface area is 177 Å². The molecule has 0 saturated carbocycles. The molecular weight excluding hydrogens is 376 g/mol. The van der Waals surface area contributed by atoms with Gasteiger partial charge >= 0.3 is 6.09 Å². The lowest BCUT2D eigenvalue weighted by Gasteiger charge is -2.35. The van der Waals surface area contributed by atoms with Crippen LogP contribution in [0.25, 0.3) is 0 Å². The molecular formula is C24H26N4O2. The van der Waals surface area contributed by atoms with E-state index >= 15 is 0 Å². The summed E-state index contributed by atoms with van der Waals surface area (Å²) in [6, 6.07) is 19.5. The summed E-state index contributed by atoms with van der Waals surface area (Å²) < 4.78 is 5.45. The summed E-state index contributed by atoms with van der Waals surface area (Å²) in [4.78, 5) is 16.3. The van der Waals surface area contributed by atoms with Gasteiger partial charge in [-0.1, -0.05) is 48.5 Å². The summed E-state index contributed by atoms with van der Waals surface area (Å²) in [6.45, 7) is 6.81. The molecule has 1 fully saturated rings. The molecule has 0 bridgehead atoms. The van der Waals surface area contributed by atoms with Gasteiger partial charge < -0.3 is 14.5 Å². The number of benzene rings is 2. The van der Waals surface area contributed by atoms with Gasteiger partial charge in [-0.05, 0) is 42.7 Å². The lowest BCUT2D eigenvalue weighted by atomic mass is 10.0. The third-order valence-electron chi connectivity index (χ3n) is 5.60. The first-order chi connectivity index (χ1) is 14.6. The average Bonchev–Trinajstić information content (AvgIpc) is 2.79. The molecule has 6 nitrogen and oxygen atoms in total. The van der Waals surface area contributed by atoms with Gasteiger partial charge in [0.15, 0.2) is 5.82 Å². The van der Waals surface area contributed by atoms with Gasteiger partial charge in [-0.3, -0.25) is 0 Å². The zero-order valence-electron chi connectivity index (χ0n) is 17.4. The summed E-state index contributed by atoms with van der Waals surface area (Å²) in [5.74, 6) is 1.47. The Kier molecular flexibility index (Phi) is 5.93. The highest BCUT2D eigenvalue weighted by molar-refractivity contribution is 5.71. The molecule has 1 aliphatic rings. The van der Waals surface area contributed by atoms with Crippen LogP contribution in [0.1, 0.15) is 22.4 Å². The highest BCUT2D eigenvalue weighted by Gasteiger charge is 2.25. The van der Waals surface area contributed by atoms with Crippen LogP contribution in [0.2, 0.25) is 0 Å². The van der Waals surface area contributed by atoms with Crippen LogP contribution in [0.3, 0.4) is 0 Å². The van der Waals surface area contributed by atoms with Gasteiger partial charge in [-0.2, -0.15) is 5.10 Å². The van der Waals surface area contributed by atoms with Crippen molar-refractivity contribution in [2.45, 2.75) is 20.3 Å². The van der Waals surface area contributed by atoms with Crippen LogP contribution in [0, 0.1) is 13.8 Å². The fraction of sp³-hybridized carbons (Fsp3) is 0.292. The van der Waals surface area contributed by atoms with Crippen molar-refractivity contribution in [1.29, 1.82) is 0 Å². The number of piperazine rings is 1. The number of carbonyl (C=O) groups excluding carboxylic acids is 1. The molecule has 0 radical (unpaired) electrons. The van der Waals surface area contributed by atoms with Gasteiger partial charge in [0, 0.05) is 32.6 Å². The number of amides is 1. The maximum atomic E-state index is 12.4. The lowest BCUT2D eigenvalue weighted by molar-refractivity contribution is 0.149. The molecule has 1 aromatic heterocycles. The monoisotopic (exact) mass is 402 g/mol. The molecule has 1 saturated heterocycles. The number of para-hydroxylation sites is 1. The zero-order valence-corrected chi connectivity index (χ0v) is 17.4. The number of aromatic nitrogens is 2. The predicted octanol–water partition coefficient (Wildman–Crippen LogP) is 4.01. The van der Waals surface area contributed by atoms with E-state index in [0.717, 1.165) is 23.5 Å². The molecule has 1 aliphatic heterocycles. The Bertz CT molecular complexity index is 1000. The van der Waals surface area contributed by atoms with E-state index < -0.39 is 0 Å². The van der Waals surface area contributed by atoms with Crippen LogP contribution in [0.4, 0.5) is 10.6 Å². The van der Waals surface area contributed by atoms with Crippen LogP contribution < -0.4 is 9.64 Å². The number of nitrogens with zero attached hydrogens (tertiary/aromatic N) is 4. The van der Waals surface area contributed by atoms with Crippen LogP contribution >= 0.6 is 0 Å². The second kappa shape index (κ2) is 8.95. The number of ether oxygens (including phenoxy) is 1. The van der Waals surface area contributed by atoms with Crippen molar-refractivity contribution in [2.24, 2.45) is 0 Å². The van der Waals surface area contributed by atoms with Gasteiger partial charge in [0.25, 0.3) is 0 Å². The van der Waals surface area contributed by atoms with Crippen LogP contribution in [0.5, 0.6) is 5.75 Å². The summed E-state index contributed by atoms with van der Waals surface area (Å²) in [6.07, 6.45) is 0.470. The van der Waals surface area contributed by atoms with Crippen molar-refractivity contribution in [3.05, 3.63) is 83.0 Å². The van der Waals surface area contributed by atoms with Gasteiger partial charge in [-0.15, -0.1) is 5.10 Å². The molecule has 0 aliphatic carbocycles. The molecule has 6 heteroatoms. The SMILES string of the molecule is Cc1c(Cc2ccccc2)nnc(N2CCN(C(=O)Oc3ccccc3)CC2)c1C. The van der Waals surface area contributed by atoms with Gasteiger partial charge in [0.2, 0.25) is 0 Å². The molecule has 4 rings (SSSR count). The number of hydrogen-bond acceptors (Lipinski definition) is 5. The predicted molar refractivity (Wildman–Crippen MR) is 117 cm³/mol. The van der Waals surface area contributed by atoms with Crippen molar-refractivity contribution in [3.63, 3.8) is 0 Å². The van der Waals surface area contributed by atoms with E-state index in [9.17, 15) is 4.79 Å². The standard InChI is InChI=1S/C24H26N4O2/c1-18-19(2)23(26-25-22(18)17-20-9-5-3-6-10-20)27-13-15-28(16-14-27)24(29)30-21-11-7-4-8-12-21/h3-12H,13-17H2,1-2H3. The maximum Gasteiger partial charge on any atom is 0.415 e. The molecule has 2 aromatic carbocycles. The summed E-state index contributed by atoms with van der Waals surface area (Å²) in [7, 11) is 0. The Balaban J connectivity index is 1.39. The van der Waals surface area contributed by atoms with Crippen molar-refractivity contribution in [2.75, 3.05) is 31.1 Å². The average molecular weight is 402 g/mol. The highest BCUT2D eigenvalue weighted by Crippen LogP contribution is 2.24. The normalized spacial score (nSPS) is 13.9. The third kappa shape index (κ3) is 4.43. The fourth-order valence-electron chi connectivity index (χ4n) is 3.65. The van der Waals surface area contributed by atoms with Crippen molar-refractivity contribution in [1.82, 2.24) is 15.1 Å². The van der Waals surface area contributed by atoms with E-state index in [1.807, 2.05) is 36.4 Å². The second-order valence-corrected chi connectivity index (χ2v) is 7.54. The van der Waals surface area contributed by atoms with Gasteiger partial charge in [-0.25, -0.2) is 4.79 Å². The molecule has 0 N–H and O–H groups in total. The maximum absolute atomic E-state index is 12.4. The first-order valence-electron chi connectivity index (χ1n) is 10.3. The van der Waals surface area contributed by atoms with Crippen molar-refractivity contribution < 1.29 is 9.53 Å². The summed E-state index contributed by atoms with van der Waals surface area (Å²) >= 11 is 0. The van der Waals surface area contributed by atoms with E-state index in [0.29, 0.717) is 31.9 Å². The quantitative estimate of drug-likeness (QED) is 0.660. The topological polar surface area (TPSA) is 58.6 Å². The fourth-order valence-corrected chi connectivity index (χ4v) is 3.65. The smallest absolute Gasteiger partial charge is 0.410 e. The Hall–Kier alpha value is -3.41. The number of anilines is 1. The van der Waals surface area contributed by atoms with E-state index in [2.05, 4.69) is 41.1 Å². The first kappa shape index (κ1) is 19.9. The van der Waals surface area contributed by atoms with Crippen LogP contribution in [0.15, 0.2) is 60.7 Å². The first-order valence-corrected chi connectivity index (χ1v) is 10.3. The van der Waals surface area contributed by atoms with Crippen LogP contribution in [-0.4, -0.2) is 47.4 Å². The molecule has 0 unspecified atom stereocenters. The largest absolute Gasteiger partial charge is 0.415 e. The minimum absolute atomic E-state index is 0.307. The number of rotatable bonds is 4. The Morgan fingerprint density at radius 1 is 0.867 bits per heavy atom. The zero-order chi connectivity index (χ0) is 20.9. The van der Waals surface area contributed by atoms with Gasteiger partial charge in [0.1, 0.15) is 5.75 Å². The lowest BCUT2D eigenvalue weighted by Crippen LogP contribution is -2.50. The van der Waals surface area contributed by atoms with Crippen molar-refractivity contribution >= 4 is 11.9 Å². The molecule has 1 amide bonds. The highest BCUT2D eigenvalue weighted by atomic mass is 16.6. The third-order valence-corrected chi connectivity index (χ3v) is 5.60. The van der Waals surface area contributed by atoms with E-state index in [1.165, 1.54) is 11.1 Å². The Morgan fingerprint density at radius 2 is 1.50 bits per heavy atom. The molecule has 2 heterocycles. The molecule has 0 spiro atoms. The minimum Gasteiger partial charge on any atom is -0.410 e. The van der Waals surface area contributed by atoms with E-state index in [1.54, 1.807) is 17.0 Å². The van der Waals surface area contributed by atoms with E-state index in [-0.39, 0.29) is 6.09 Å². The number of carbonyl (C=O) groups is 1. The summed E-state index contributed by atoms with van der Waals surface area (Å²) in [5.41, 5.74) is 4.56. The molecule has 30 heavy (non-hydrogen) atoms. The van der Waals surface area contributed by atoms with E-state index in [4.69, 9.17) is 4.74 Å². The van der Waals surface area contributed by atoms with Crippen molar-refractivity contribution in [3.8, 4) is 5.75 Å². The van der Waals surface area contributed by atoms with Gasteiger partial charge in [0.05, 0.1) is 5.69 Å². The molecule has 154 valence electrons. The molecule has 0 atom stereocenters. The van der Waals surface area contributed by atoms with Crippen LogP contribution in [-0.2, 0) is 6.42 Å². The molecule has 3 aromatic rings. The number of hydrogen-bond donors (Lipinski definition) is 0.